The number of esters is 1. The molecule has 0 radical (unpaired) electrons. The summed E-state index contributed by atoms with van der Waals surface area (Å²) in [5, 5.41) is 21.8. The minimum atomic E-state index is -4.79. The van der Waals surface area contributed by atoms with Gasteiger partial charge in [-0.3, -0.25) is 18.6 Å². The number of carbonyl (C=O) groups is 3. The van der Waals surface area contributed by atoms with Crippen LogP contribution in [0.3, 0.4) is 0 Å². The lowest BCUT2D eigenvalue weighted by Crippen LogP contribution is -2.43. The Morgan fingerprint density at radius 2 is 0.967 bits per heavy atom. The molecule has 346 valence electrons. The van der Waals surface area contributed by atoms with Gasteiger partial charge in [0.25, 0.3) is 0 Å². The van der Waals surface area contributed by atoms with E-state index in [1.807, 2.05) is 18.2 Å². The number of hydrogen-bond donors (Lipinski definition) is 4. The molecule has 0 rings (SSSR count). The van der Waals surface area contributed by atoms with E-state index in [1.165, 1.54) is 44.9 Å². The molecule has 0 bridgehead atoms. The highest BCUT2D eigenvalue weighted by atomic mass is 31.2. The maximum Gasteiger partial charge on any atom is 0.472 e. The quantitative estimate of drug-likeness (QED) is 0.0201. The minimum Gasteiger partial charge on any atom is -0.480 e. The Morgan fingerprint density at radius 3 is 1.46 bits per heavy atom. The average molecular weight is 874 g/mol. The van der Waals surface area contributed by atoms with E-state index in [2.05, 4.69) is 98.2 Å². The normalized spacial score (nSPS) is 14.6. The van der Waals surface area contributed by atoms with Gasteiger partial charge in [-0.05, 0) is 83.5 Å². The van der Waals surface area contributed by atoms with Gasteiger partial charge >= 0.3 is 19.8 Å². The number of phosphoric acid groups is 1. The Balaban J connectivity index is 4.02. The molecule has 0 saturated heterocycles. The fourth-order valence-corrected chi connectivity index (χ4v) is 6.37. The van der Waals surface area contributed by atoms with Crippen LogP contribution in [-0.2, 0) is 32.7 Å². The number of hydrogen-bond acceptors (Lipinski definition) is 8. The van der Waals surface area contributed by atoms with Crippen molar-refractivity contribution in [1.29, 1.82) is 0 Å². The first kappa shape index (κ1) is 57.4. The maximum absolute atomic E-state index is 12.3. The van der Waals surface area contributed by atoms with E-state index in [-0.39, 0.29) is 12.8 Å². The zero-order valence-corrected chi connectivity index (χ0v) is 38.3. The van der Waals surface area contributed by atoms with Crippen molar-refractivity contribution in [1.82, 2.24) is 5.32 Å². The van der Waals surface area contributed by atoms with Crippen molar-refractivity contribution >= 4 is 25.7 Å². The van der Waals surface area contributed by atoms with Gasteiger partial charge in [-0.1, -0.05) is 162 Å². The Bertz CT molecular complexity index is 1400. The van der Waals surface area contributed by atoms with Gasteiger partial charge < -0.3 is 25.2 Å². The second kappa shape index (κ2) is 43.1. The Hall–Kier alpha value is -3.60. The zero-order valence-electron chi connectivity index (χ0n) is 37.4. The van der Waals surface area contributed by atoms with E-state index in [0.29, 0.717) is 19.3 Å². The van der Waals surface area contributed by atoms with E-state index in [1.54, 1.807) is 0 Å². The second-order valence-electron chi connectivity index (χ2n) is 14.9. The van der Waals surface area contributed by atoms with Crippen LogP contribution in [0.1, 0.15) is 162 Å². The summed E-state index contributed by atoms with van der Waals surface area (Å²) in [5.74, 6) is -2.51. The molecule has 0 aromatic carbocycles. The molecule has 0 fully saturated rings. The molecule has 1 amide bonds. The van der Waals surface area contributed by atoms with Crippen molar-refractivity contribution < 1.29 is 47.8 Å². The number of aliphatic carboxylic acids is 1. The lowest BCUT2D eigenvalue weighted by molar-refractivity contribution is -0.147. The fraction of sp³-hybridized carbons (Fsp3) is 0.612. The lowest BCUT2D eigenvalue weighted by Gasteiger charge is -2.18. The number of carboxylic acid groups (broad SMARTS) is 1. The standard InChI is InChI=1S/C49H80NO10P/c1-3-5-7-9-11-13-15-17-19-21-23-24-26-28-30-32-34-36-38-40-47(52)50-46(49(54)55)44-60-61(56,57)59-43-45(51)42-58-48(53)41-39-37-35-33-31-29-27-25-22-20-18-16-14-12-10-8-6-4-2/h5,7,11,13-14,16-17,19-20,22-24,28,30,34,36,45-46,51H,3-4,6,8-10,12,15,18,21,25-27,29,31-33,35,37-44H2,1-2H3,(H,50,52)(H,54,55)(H,56,57)/b7-5-,13-11-,16-14-,19-17-,22-20-,24-23-,30-28-,36-34-. The van der Waals surface area contributed by atoms with Crippen LogP contribution >= 0.6 is 7.82 Å². The number of amides is 1. The van der Waals surface area contributed by atoms with Crippen LogP contribution in [0.25, 0.3) is 0 Å². The van der Waals surface area contributed by atoms with Crippen LogP contribution in [-0.4, -0.2) is 64.9 Å². The highest BCUT2D eigenvalue weighted by Gasteiger charge is 2.28. The number of unbranched alkanes of at least 4 members (excludes halogenated alkanes) is 11. The van der Waals surface area contributed by atoms with Crippen LogP contribution in [0.4, 0.5) is 0 Å². The molecule has 0 aliphatic rings. The molecular weight excluding hydrogens is 794 g/mol. The lowest BCUT2D eigenvalue weighted by atomic mass is 10.1. The molecule has 0 spiro atoms. The van der Waals surface area contributed by atoms with E-state index in [0.717, 1.165) is 70.6 Å². The summed E-state index contributed by atoms with van der Waals surface area (Å²) in [7, 11) is -4.79. The monoisotopic (exact) mass is 874 g/mol. The molecule has 12 heteroatoms. The van der Waals surface area contributed by atoms with E-state index in [4.69, 9.17) is 13.8 Å². The fourth-order valence-electron chi connectivity index (χ4n) is 5.60. The Morgan fingerprint density at radius 1 is 0.541 bits per heavy atom. The number of phosphoric ester groups is 1. The van der Waals surface area contributed by atoms with Gasteiger partial charge in [0.1, 0.15) is 12.7 Å². The SMILES string of the molecule is CC/C=C\C/C=C\C/C=C\C/C=C\C/C=C\C/C=C\CCC(=O)NC(COP(=O)(O)OCC(O)COC(=O)CCCCCCCCC/C=C\C/C=C\CCCCCC)C(=O)O. The average Bonchev–Trinajstić information content (AvgIpc) is 3.24. The zero-order chi connectivity index (χ0) is 44.9. The van der Waals surface area contributed by atoms with Gasteiger partial charge in [0.15, 0.2) is 6.04 Å². The largest absolute Gasteiger partial charge is 0.480 e. The number of carbonyl (C=O) groups excluding carboxylic acids is 2. The molecule has 3 unspecified atom stereocenters. The van der Waals surface area contributed by atoms with Crippen LogP contribution in [0.2, 0.25) is 0 Å². The van der Waals surface area contributed by atoms with Crippen LogP contribution < -0.4 is 5.32 Å². The molecule has 11 nitrogen and oxygen atoms in total. The number of rotatable bonds is 41. The summed E-state index contributed by atoms with van der Waals surface area (Å²) in [4.78, 5) is 45.9. The van der Waals surface area contributed by atoms with Crippen molar-refractivity contribution in [2.75, 3.05) is 19.8 Å². The van der Waals surface area contributed by atoms with Crippen molar-refractivity contribution in [3.8, 4) is 0 Å². The third-order valence-electron chi connectivity index (χ3n) is 9.12. The number of aliphatic hydroxyl groups is 1. The predicted octanol–water partition coefficient (Wildman–Crippen LogP) is 12.1. The van der Waals surface area contributed by atoms with Gasteiger partial charge in [0.05, 0.1) is 13.2 Å². The summed E-state index contributed by atoms with van der Waals surface area (Å²) in [5.41, 5.74) is 0. The number of carboxylic acids is 1. The van der Waals surface area contributed by atoms with Gasteiger partial charge in [0.2, 0.25) is 5.91 Å². The first-order chi connectivity index (χ1) is 29.6. The third-order valence-corrected chi connectivity index (χ3v) is 10.1. The summed E-state index contributed by atoms with van der Waals surface area (Å²) in [6, 6.07) is -1.59. The van der Waals surface area contributed by atoms with E-state index >= 15 is 0 Å². The highest BCUT2D eigenvalue weighted by Crippen LogP contribution is 2.43. The van der Waals surface area contributed by atoms with Crippen LogP contribution in [0, 0.1) is 0 Å². The molecule has 0 aliphatic carbocycles. The first-order valence-electron chi connectivity index (χ1n) is 22.8. The molecule has 0 aromatic rings. The third kappa shape index (κ3) is 42.9. The Kier molecular flexibility index (Phi) is 40.5. The van der Waals surface area contributed by atoms with Crippen LogP contribution in [0.15, 0.2) is 97.2 Å². The minimum absolute atomic E-state index is 0.0143. The molecule has 0 aliphatic heterocycles. The molecule has 0 heterocycles. The molecule has 0 saturated carbocycles. The van der Waals surface area contributed by atoms with Crippen molar-refractivity contribution in [2.45, 2.75) is 174 Å². The molecule has 61 heavy (non-hydrogen) atoms. The van der Waals surface area contributed by atoms with Crippen molar-refractivity contribution in [3.63, 3.8) is 0 Å². The van der Waals surface area contributed by atoms with Gasteiger partial charge in [-0.25, -0.2) is 9.36 Å². The van der Waals surface area contributed by atoms with Crippen molar-refractivity contribution in [2.24, 2.45) is 0 Å². The summed E-state index contributed by atoms with van der Waals surface area (Å²) < 4.78 is 26.8. The number of aliphatic hydroxyl groups excluding tert-OH is 1. The van der Waals surface area contributed by atoms with Gasteiger partial charge in [-0.15, -0.1) is 0 Å². The van der Waals surface area contributed by atoms with Crippen LogP contribution in [0.5, 0.6) is 0 Å². The molecular formula is C49H80NO10P. The highest BCUT2D eigenvalue weighted by molar-refractivity contribution is 7.47. The molecule has 4 N–H and O–H groups in total. The molecule has 0 aromatic heterocycles. The summed E-state index contributed by atoms with van der Waals surface area (Å²) in [6.45, 7) is 2.39. The Labute approximate surface area is 368 Å². The van der Waals surface area contributed by atoms with Crippen molar-refractivity contribution in [3.05, 3.63) is 97.2 Å². The first-order valence-corrected chi connectivity index (χ1v) is 24.3. The van der Waals surface area contributed by atoms with Gasteiger partial charge in [-0.2, -0.15) is 0 Å². The summed E-state index contributed by atoms with van der Waals surface area (Å²) in [6.07, 6.45) is 54.4. The topological polar surface area (TPSA) is 169 Å². The number of nitrogens with one attached hydrogen (secondary N) is 1. The summed E-state index contributed by atoms with van der Waals surface area (Å²) >= 11 is 0. The number of ether oxygens (including phenoxy) is 1. The number of allylic oxidation sites excluding steroid dienone is 16. The smallest absolute Gasteiger partial charge is 0.472 e. The van der Waals surface area contributed by atoms with E-state index in [9.17, 15) is 34.1 Å². The van der Waals surface area contributed by atoms with Gasteiger partial charge in [0, 0.05) is 12.8 Å². The van der Waals surface area contributed by atoms with E-state index < -0.39 is 57.6 Å². The predicted molar refractivity (Wildman–Crippen MR) is 249 cm³/mol. The molecule has 3 atom stereocenters. The maximum atomic E-state index is 12.3. The second-order valence-corrected chi connectivity index (χ2v) is 16.3.